The maximum absolute atomic E-state index is 14.7. The first-order valence-corrected chi connectivity index (χ1v) is 17.7. The third-order valence-electron chi connectivity index (χ3n) is 7.67. The normalized spacial score (nSPS) is 12.2. The predicted octanol–water partition coefficient (Wildman–Crippen LogP) is 7.07. The third-order valence-corrected chi connectivity index (χ3v) is 10.0. The van der Waals surface area contributed by atoms with Crippen LogP contribution in [0.5, 0.6) is 11.5 Å². The molecule has 4 rings (SSSR count). The summed E-state index contributed by atoms with van der Waals surface area (Å²) in [5.41, 5.74) is 1.74. The van der Waals surface area contributed by atoms with Gasteiger partial charge in [0.1, 0.15) is 12.6 Å². The molecule has 1 atom stereocenters. The van der Waals surface area contributed by atoms with Gasteiger partial charge in [-0.15, -0.1) is 0 Å². The minimum Gasteiger partial charge on any atom is -0.493 e. The molecule has 4 aromatic rings. The van der Waals surface area contributed by atoms with Crippen molar-refractivity contribution in [3.8, 4) is 11.5 Å². The van der Waals surface area contributed by atoms with Crippen molar-refractivity contribution in [3.05, 3.63) is 118 Å². The van der Waals surface area contributed by atoms with E-state index >= 15 is 0 Å². The summed E-state index contributed by atoms with van der Waals surface area (Å²) in [6.45, 7) is 6.64. The summed E-state index contributed by atoms with van der Waals surface area (Å²) in [6, 6.07) is 24.1. The molecule has 0 aliphatic rings. The zero-order valence-electron chi connectivity index (χ0n) is 28.4. The van der Waals surface area contributed by atoms with Gasteiger partial charge in [-0.3, -0.25) is 13.9 Å². The maximum atomic E-state index is 14.7. The van der Waals surface area contributed by atoms with E-state index in [1.807, 2.05) is 58.0 Å². The number of carbonyl (C=O) groups is 2. The molecule has 0 radical (unpaired) electrons. The highest BCUT2D eigenvalue weighted by Crippen LogP contribution is 2.34. The lowest BCUT2D eigenvalue weighted by Crippen LogP contribution is -2.56. The van der Waals surface area contributed by atoms with Crippen molar-refractivity contribution < 1.29 is 27.5 Å². The fourth-order valence-electron chi connectivity index (χ4n) is 5.19. The highest BCUT2D eigenvalue weighted by atomic mass is 35.5. The Bertz CT molecular complexity index is 1880. The molecule has 0 aliphatic heterocycles. The van der Waals surface area contributed by atoms with Crippen LogP contribution >= 0.6 is 23.2 Å². The second-order valence-electron chi connectivity index (χ2n) is 12.6. The quantitative estimate of drug-likeness (QED) is 0.158. The molecule has 2 amide bonds. The molecule has 0 bridgehead atoms. The zero-order valence-corrected chi connectivity index (χ0v) is 30.7. The first-order valence-electron chi connectivity index (χ1n) is 15.5. The SMILES string of the molecule is COc1ccc(N(CC(=O)N(Cc2ccc(Cl)cc2Cl)[C@H](Cc2ccccc2)C(=O)NC(C)(C)C)S(=O)(=O)c2ccc(C)cc2)cc1OC. The van der Waals surface area contributed by atoms with Gasteiger partial charge in [0.15, 0.2) is 11.5 Å². The van der Waals surface area contributed by atoms with Crippen LogP contribution in [0.4, 0.5) is 5.69 Å². The number of rotatable bonds is 13. The molecular formula is C37H41Cl2N3O6S. The van der Waals surface area contributed by atoms with Gasteiger partial charge in [0.25, 0.3) is 10.0 Å². The third kappa shape index (κ3) is 9.68. The molecule has 0 aliphatic carbocycles. The van der Waals surface area contributed by atoms with Gasteiger partial charge in [-0.1, -0.05) is 77.3 Å². The highest BCUT2D eigenvalue weighted by molar-refractivity contribution is 7.92. The molecule has 0 fully saturated rings. The molecule has 0 spiro atoms. The smallest absolute Gasteiger partial charge is 0.264 e. The number of nitrogens with zero attached hydrogens (tertiary/aromatic N) is 2. The molecule has 1 N–H and O–H groups in total. The van der Waals surface area contributed by atoms with Crippen molar-refractivity contribution in [2.45, 2.75) is 57.1 Å². The van der Waals surface area contributed by atoms with Gasteiger partial charge >= 0.3 is 0 Å². The summed E-state index contributed by atoms with van der Waals surface area (Å²) in [4.78, 5) is 30.2. The van der Waals surface area contributed by atoms with E-state index in [-0.39, 0.29) is 29.3 Å². The van der Waals surface area contributed by atoms with E-state index in [1.165, 1.54) is 43.4 Å². The maximum Gasteiger partial charge on any atom is 0.264 e. The number of ether oxygens (including phenoxy) is 2. The number of amides is 2. The standard InChI is InChI=1S/C37H41Cl2N3O6S/c1-25-12-17-30(18-13-25)49(45,46)42(29-16-19-33(47-5)34(22-29)48-6)24-35(43)41(23-27-14-15-28(38)21-31(27)39)32(36(44)40-37(2,3)4)20-26-10-8-7-9-11-26/h7-19,21-22,32H,20,23-24H2,1-6H3,(H,40,44)/t32-/m1/s1. The van der Waals surface area contributed by atoms with Gasteiger partial charge in [-0.05, 0) is 75.2 Å². The topological polar surface area (TPSA) is 105 Å². The van der Waals surface area contributed by atoms with Gasteiger partial charge < -0.3 is 19.7 Å². The van der Waals surface area contributed by atoms with E-state index in [0.717, 1.165) is 15.4 Å². The van der Waals surface area contributed by atoms with E-state index in [9.17, 15) is 18.0 Å². The zero-order chi connectivity index (χ0) is 35.9. The summed E-state index contributed by atoms with van der Waals surface area (Å²) in [6.07, 6.45) is 0.154. The Kier molecular flexibility index (Phi) is 12.2. The molecule has 0 saturated heterocycles. The Morgan fingerprint density at radius 2 is 1.51 bits per heavy atom. The van der Waals surface area contributed by atoms with Gasteiger partial charge in [0, 0.05) is 34.6 Å². The van der Waals surface area contributed by atoms with Crippen LogP contribution in [0.25, 0.3) is 0 Å². The molecule has 49 heavy (non-hydrogen) atoms. The lowest BCUT2D eigenvalue weighted by Gasteiger charge is -2.35. The number of halogens is 2. The Morgan fingerprint density at radius 3 is 2.10 bits per heavy atom. The molecule has 9 nitrogen and oxygen atoms in total. The Labute approximate surface area is 298 Å². The fraction of sp³-hybridized carbons (Fsp3) is 0.297. The van der Waals surface area contributed by atoms with E-state index in [4.69, 9.17) is 32.7 Å². The van der Waals surface area contributed by atoms with E-state index in [2.05, 4.69) is 5.32 Å². The van der Waals surface area contributed by atoms with Crippen molar-refractivity contribution in [2.75, 3.05) is 25.1 Å². The van der Waals surface area contributed by atoms with Crippen molar-refractivity contribution in [1.82, 2.24) is 10.2 Å². The minimum atomic E-state index is -4.32. The Hall–Kier alpha value is -4.25. The van der Waals surface area contributed by atoms with Crippen LogP contribution in [0.2, 0.25) is 10.0 Å². The number of nitrogens with one attached hydrogen (secondary N) is 1. The van der Waals surface area contributed by atoms with Crippen molar-refractivity contribution in [2.24, 2.45) is 0 Å². The molecule has 0 saturated carbocycles. The first kappa shape index (κ1) is 37.6. The Morgan fingerprint density at radius 1 is 0.857 bits per heavy atom. The lowest BCUT2D eigenvalue weighted by molar-refractivity contribution is -0.140. The summed E-state index contributed by atoms with van der Waals surface area (Å²) in [5, 5.41) is 3.71. The van der Waals surface area contributed by atoms with Gasteiger partial charge in [0.2, 0.25) is 11.8 Å². The van der Waals surface area contributed by atoms with Crippen molar-refractivity contribution in [1.29, 1.82) is 0 Å². The minimum absolute atomic E-state index is 0.0145. The number of hydrogen-bond donors (Lipinski definition) is 1. The van der Waals surface area contributed by atoms with E-state index < -0.39 is 40.0 Å². The van der Waals surface area contributed by atoms with Crippen LogP contribution in [-0.2, 0) is 32.6 Å². The summed E-state index contributed by atoms with van der Waals surface area (Å²) in [7, 11) is -1.41. The number of carbonyl (C=O) groups excluding carboxylic acids is 2. The number of anilines is 1. The van der Waals surface area contributed by atoms with E-state index in [1.54, 1.807) is 36.4 Å². The second kappa shape index (κ2) is 16.0. The van der Waals surface area contributed by atoms with Crippen LogP contribution in [0.1, 0.15) is 37.5 Å². The lowest BCUT2D eigenvalue weighted by atomic mass is 10.0. The molecule has 0 heterocycles. The molecule has 0 unspecified atom stereocenters. The second-order valence-corrected chi connectivity index (χ2v) is 15.3. The summed E-state index contributed by atoms with van der Waals surface area (Å²) >= 11 is 12.8. The van der Waals surface area contributed by atoms with Crippen molar-refractivity contribution >= 4 is 50.7 Å². The number of sulfonamides is 1. The van der Waals surface area contributed by atoms with Crippen LogP contribution in [0, 0.1) is 6.92 Å². The largest absolute Gasteiger partial charge is 0.493 e. The van der Waals surface area contributed by atoms with Gasteiger partial charge in [0.05, 0.1) is 24.8 Å². The molecule has 260 valence electrons. The number of benzene rings is 4. The van der Waals surface area contributed by atoms with Crippen LogP contribution in [-0.4, -0.2) is 57.5 Å². The number of hydrogen-bond acceptors (Lipinski definition) is 6. The van der Waals surface area contributed by atoms with Crippen LogP contribution < -0.4 is 19.1 Å². The van der Waals surface area contributed by atoms with Gasteiger partial charge in [-0.2, -0.15) is 0 Å². The number of aryl methyl sites for hydroxylation is 1. The number of methoxy groups -OCH3 is 2. The first-order chi connectivity index (χ1) is 23.1. The predicted molar refractivity (Wildman–Crippen MR) is 194 cm³/mol. The van der Waals surface area contributed by atoms with Crippen molar-refractivity contribution in [3.63, 3.8) is 0 Å². The molecule has 4 aromatic carbocycles. The molecular weight excluding hydrogens is 685 g/mol. The molecule has 12 heteroatoms. The fourth-order valence-corrected chi connectivity index (χ4v) is 7.06. The van der Waals surface area contributed by atoms with Crippen LogP contribution in [0.3, 0.4) is 0 Å². The Balaban J connectivity index is 1.88. The average Bonchev–Trinajstić information content (AvgIpc) is 3.05. The average molecular weight is 727 g/mol. The van der Waals surface area contributed by atoms with E-state index in [0.29, 0.717) is 21.4 Å². The van der Waals surface area contributed by atoms with Gasteiger partial charge in [-0.25, -0.2) is 8.42 Å². The summed E-state index contributed by atoms with van der Waals surface area (Å²) < 4.78 is 40.6. The highest BCUT2D eigenvalue weighted by Gasteiger charge is 2.36. The van der Waals surface area contributed by atoms with Crippen LogP contribution in [0.15, 0.2) is 95.9 Å². The molecule has 0 aromatic heterocycles. The summed E-state index contributed by atoms with van der Waals surface area (Å²) in [5.74, 6) is -0.394. The monoisotopic (exact) mass is 725 g/mol.